The maximum absolute atomic E-state index is 11.6. The Labute approximate surface area is 120 Å². The third-order valence-corrected chi connectivity index (χ3v) is 2.98. The molecule has 0 saturated carbocycles. The number of ether oxygens (including phenoxy) is 2. The number of esters is 1. The second kappa shape index (κ2) is 6.23. The number of benzene rings is 1. The average Bonchev–Trinajstić information content (AvgIpc) is 2.52. The predicted molar refractivity (Wildman–Crippen MR) is 69.6 cm³/mol. The van der Waals surface area contributed by atoms with Crippen molar-refractivity contribution in [2.75, 3.05) is 7.11 Å². The molecule has 0 aromatic heterocycles. The molecule has 2 amide bonds. The van der Waals surface area contributed by atoms with Crippen LogP contribution in [0.15, 0.2) is 30.3 Å². The van der Waals surface area contributed by atoms with Crippen LogP contribution >= 0.6 is 0 Å². The molecule has 1 aliphatic rings. The summed E-state index contributed by atoms with van der Waals surface area (Å²) in [5.74, 6) is -1.81. The molecule has 1 aromatic rings. The lowest BCUT2D eigenvalue weighted by atomic mass is 9.98. The molecule has 1 aliphatic heterocycles. The van der Waals surface area contributed by atoms with Gasteiger partial charge in [-0.15, -0.1) is 0 Å². The quantitative estimate of drug-likeness (QED) is 0.626. The number of hydroxylamine groups is 2. The lowest BCUT2D eigenvalue weighted by Gasteiger charge is -2.49. The summed E-state index contributed by atoms with van der Waals surface area (Å²) in [5, 5.41) is 13.4. The first-order valence-electron chi connectivity index (χ1n) is 6.10. The molecule has 0 radical (unpaired) electrons. The zero-order valence-electron chi connectivity index (χ0n) is 11.1. The van der Waals surface area contributed by atoms with Crippen LogP contribution in [-0.2, 0) is 25.7 Å². The Kier molecular flexibility index (Phi) is 4.39. The number of nitrogens with one attached hydrogen (secondary N) is 1. The first-order valence-corrected chi connectivity index (χ1v) is 6.10. The van der Waals surface area contributed by atoms with Gasteiger partial charge in [0.05, 0.1) is 7.11 Å². The number of hydrogen-bond acceptors (Lipinski definition) is 6. The fourth-order valence-electron chi connectivity index (χ4n) is 1.85. The van der Waals surface area contributed by atoms with Crippen LogP contribution in [0.2, 0.25) is 0 Å². The summed E-state index contributed by atoms with van der Waals surface area (Å²) in [4.78, 5) is 34.2. The van der Waals surface area contributed by atoms with Gasteiger partial charge >= 0.3 is 12.1 Å². The number of hydrogen-bond donors (Lipinski definition) is 1. The van der Waals surface area contributed by atoms with Crippen LogP contribution in [0.5, 0.6) is 0 Å². The Bertz CT molecular complexity index is 547. The molecule has 0 spiro atoms. The summed E-state index contributed by atoms with van der Waals surface area (Å²) in [6.07, 6.45) is -0.890. The molecule has 112 valence electrons. The molecule has 8 nitrogen and oxygen atoms in total. The lowest BCUT2D eigenvalue weighted by molar-refractivity contribution is -0.164. The number of methoxy groups -OCH3 is 1. The van der Waals surface area contributed by atoms with E-state index in [0.717, 1.165) is 12.7 Å². The molecule has 1 heterocycles. The van der Waals surface area contributed by atoms with Gasteiger partial charge in [0.1, 0.15) is 18.7 Å². The third-order valence-electron chi connectivity index (χ3n) is 2.98. The number of carbonyl (C=O) groups excluding carboxylic acids is 3. The summed E-state index contributed by atoms with van der Waals surface area (Å²) in [6.45, 7) is 0.0115. The molecule has 8 heteroatoms. The van der Waals surface area contributed by atoms with Crippen molar-refractivity contribution in [1.82, 2.24) is 10.4 Å². The first-order chi connectivity index (χ1) is 10.0. The molecule has 1 saturated heterocycles. The van der Waals surface area contributed by atoms with Gasteiger partial charge in [0.25, 0.3) is 0 Å². The monoisotopic (exact) mass is 293 g/mol. The van der Waals surface area contributed by atoms with Crippen LogP contribution in [-0.4, -0.2) is 42.2 Å². The second-order valence-electron chi connectivity index (χ2n) is 4.32. The first kappa shape index (κ1) is 14.8. The Morgan fingerprint density at radius 2 is 2.00 bits per heavy atom. The molecule has 21 heavy (non-hydrogen) atoms. The lowest BCUT2D eigenvalue weighted by Crippen LogP contribution is -2.71. The van der Waals surface area contributed by atoms with Crippen molar-refractivity contribution >= 4 is 18.0 Å². The molecular weight excluding hydrogens is 280 g/mol. The van der Waals surface area contributed by atoms with Crippen LogP contribution in [0.3, 0.4) is 0 Å². The number of nitrogens with zero attached hydrogens (tertiary/aromatic N) is 1. The Hall–Kier alpha value is -2.61. The smallest absolute Gasteiger partial charge is 0.408 e. The largest absolute Gasteiger partial charge is 0.756 e. The predicted octanol–water partition coefficient (Wildman–Crippen LogP) is 0.163. The summed E-state index contributed by atoms with van der Waals surface area (Å²) < 4.78 is 9.29. The fourth-order valence-corrected chi connectivity index (χ4v) is 1.85. The summed E-state index contributed by atoms with van der Waals surface area (Å²) >= 11 is 0. The maximum atomic E-state index is 11.6. The Morgan fingerprint density at radius 1 is 1.33 bits per heavy atom. The number of rotatable bonds is 4. The number of amides is 2. The fraction of sp³-hybridized carbons (Fsp3) is 0.308. The molecule has 1 N–H and O–H groups in total. The van der Waals surface area contributed by atoms with Crippen molar-refractivity contribution in [2.24, 2.45) is 0 Å². The Balaban J connectivity index is 1.87. The van der Waals surface area contributed by atoms with E-state index in [1.54, 1.807) is 24.3 Å². The molecule has 0 bridgehead atoms. The molecule has 1 fully saturated rings. The average molecular weight is 293 g/mol. The summed E-state index contributed by atoms with van der Waals surface area (Å²) in [7, 11) is 1.09. The summed E-state index contributed by atoms with van der Waals surface area (Å²) in [6, 6.07) is 6.30. The van der Waals surface area contributed by atoms with Crippen molar-refractivity contribution in [3.8, 4) is 0 Å². The number of carbonyl (C=O) groups is 3. The highest BCUT2D eigenvalue weighted by atomic mass is 16.6. The molecule has 1 aromatic carbocycles. The van der Waals surface area contributed by atoms with Gasteiger partial charge in [-0.2, -0.15) is 0 Å². The van der Waals surface area contributed by atoms with E-state index in [9.17, 15) is 19.6 Å². The SMILES string of the molecule is COC(=O)C1C(NC(=O)OCc2ccccc2)C(=O)N1[O-]. The van der Waals surface area contributed by atoms with E-state index in [1.807, 2.05) is 6.07 Å². The highest BCUT2D eigenvalue weighted by molar-refractivity contribution is 6.01. The van der Waals surface area contributed by atoms with Gasteiger partial charge in [0, 0.05) is 0 Å². The Morgan fingerprint density at radius 3 is 2.62 bits per heavy atom. The van der Waals surface area contributed by atoms with Crippen molar-refractivity contribution in [2.45, 2.75) is 18.7 Å². The van der Waals surface area contributed by atoms with Gasteiger partial charge in [-0.1, -0.05) is 30.3 Å². The minimum absolute atomic E-state index is 0.0115. The van der Waals surface area contributed by atoms with Crippen LogP contribution in [0, 0.1) is 5.21 Å². The molecule has 0 aliphatic carbocycles. The zero-order valence-corrected chi connectivity index (χ0v) is 11.1. The van der Waals surface area contributed by atoms with E-state index in [-0.39, 0.29) is 11.7 Å². The van der Waals surface area contributed by atoms with E-state index in [1.165, 1.54) is 0 Å². The van der Waals surface area contributed by atoms with Crippen LogP contribution in [0.4, 0.5) is 4.79 Å². The standard InChI is InChI=1S/C13H13N2O6/c1-20-12(17)10-9(11(16)15(10)19)14-13(18)21-7-8-5-3-2-4-6-8/h2-6,9-10H,7H2,1H3,(H,14,18)/q-1. The second-order valence-corrected chi connectivity index (χ2v) is 4.32. The van der Waals surface area contributed by atoms with E-state index in [2.05, 4.69) is 10.1 Å². The van der Waals surface area contributed by atoms with Crippen LogP contribution < -0.4 is 5.32 Å². The van der Waals surface area contributed by atoms with Crippen molar-refractivity contribution < 1.29 is 23.9 Å². The maximum Gasteiger partial charge on any atom is 0.408 e. The van der Waals surface area contributed by atoms with Crippen molar-refractivity contribution in [3.05, 3.63) is 41.1 Å². The molecule has 2 atom stereocenters. The van der Waals surface area contributed by atoms with Gasteiger partial charge in [-0.05, 0) is 5.56 Å². The van der Waals surface area contributed by atoms with Crippen LogP contribution in [0.25, 0.3) is 0 Å². The minimum Gasteiger partial charge on any atom is -0.756 e. The van der Waals surface area contributed by atoms with Gasteiger partial charge in [0.15, 0.2) is 0 Å². The summed E-state index contributed by atoms with van der Waals surface area (Å²) in [5.41, 5.74) is 0.766. The number of β-lactam (4-membered cyclic amide) rings is 1. The van der Waals surface area contributed by atoms with Gasteiger partial charge < -0.3 is 25.1 Å². The van der Waals surface area contributed by atoms with Crippen molar-refractivity contribution in [1.29, 1.82) is 0 Å². The van der Waals surface area contributed by atoms with E-state index in [4.69, 9.17) is 4.74 Å². The van der Waals surface area contributed by atoms with Gasteiger partial charge in [0.2, 0.25) is 5.91 Å². The van der Waals surface area contributed by atoms with E-state index in [0.29, 0.717) is 0 Å². The third kappa shape index (κ3) is 3.11. The van der Waals surface area contributed by atoms with E-state index < -0.39 is 30.1 Å². The zero-order chi connectivity index (χ0) is 15.4. The minimum atomic E-state index is -1.37. The molecule has 2 rings (SSSR count). The topological polar surface area (TPSA) is 108 Å². The highest BCUT2D eigenvalue weighted by Gasteiger charge is 2.48. The number of alkyl carbamates (subject to hydrolysis) is 1. The highest BCUT2D eigenvalue weighted by Crippen LogP contribution is 2.20. The van der Waals surface area contributed by atoms with Gasteiger partial charge in [-0.3, -0.25) is 4.79 Å². The molecular formula is C13H13N2O6-. The normalized spacial score (nSPS) is 20.5. The van der Waals surface area contributed by atoms with Crippen LogP contribution in [0.1, 0.15) is 5.56 Å². The molecule has 2 unspecified atom stereocenters. The van der Waals surface area contributed by atoms with Gasteiger partial charge in [-0.25, -0.2) is 9.59 Å². The van der Waals surface area contributed by atoms with Crippen molar-refractivity contribution in [3.63, 3.8) is 0 Å². The van der Waals surface area contributed by atoms with E-state index >= 15 is 0 Å².